The molecule has 0 spiro atoms. The number of aromatic nitrogens is 2. The molecule has 0 fully saturated rings. The Morgan fingerprint density at radius 2 is 2.35 bits per heavy atom. The van der Waals surface area contributed by atoms with Gasteiger partial charge in [0, 0.05) is 30.4 Å². The highest BCUT2D eigenvalue weighted by Crippen LogP contribution is 2.20. The predicted molar refractivity (Wildman–Crippen MR) is 77.0 cm³/mol. The van der Waals surface area contributed by atoms with E-state index in [9.17, 15) is 4.79 Å². The molecule has 1 heterocycles. The second-order valence-corrected chi connectivity index (χ2v) is 4.74. The molecule has 1 aromatic carbocycles. The molecular weight excluding hydrogens is 278 g/mol. The van der Waals surface area contributed by atoms with Gasteiger partial charge < -0.3 is 15.0 Å². The average molecular weight is 294 g/mol. The molecule has 0 atom stereocenters. The van der Waals surface area contributed by atoms with Crippen LogP contribution < -0.4 is 10.1 Å². The monoisotopic (exact) mass is 293 g/mol. The molecule has 0 aliphatic heterocycles. The van der Waals surface area contributed by atoms with Crippen LogP contribution in [0.15, 0.2) is 30.6 Å². The number of benzene rings is 1. The van der Waals surface area contributed by atoms with Gasteiger partial charge in [-0.3, -0.25) is 4.79 Å². The fraction of sp³-hybridized carbons (Fsp3) is 0.286. The largest absolute Gasteiger partial charge is 0.484 e. The Hall–Kier alpha value is -2.01. The molecule has 0 aliphatic carbocycles. The van der Waals surface area contributed by atoms with Crippen LogP contribution in [0.4, 0.5) is 0 Å². The number of imidazole rings is 1. The number of ether oxygens (including phenoxy) is 1. The van der Waals surface area contributed by atoms with Gasteiger partial charge in [0.2, 0.25) is 0 Å². The van der Waals surface area contributed by atoms with E-state index in [1.807, 2.05) is 6.92 Å². The maximum atomic E-state index is 11.6. The van der Waals surface area contributed by atoms with Gasteiger partial charge in [-0.05, 0) is 30.7 Å². The molecule has 1 amide bonds. The molecule has 106 valence electrons. The maximum absolute atomic E-state index is 11.6. The SMILES string of the molecule is Cc1cc(OCC(=O)NCCc2ncc[nH]2)ccc1Cl. The minimum Gasteiger partial charge on any atom is -0.484 e. The van der Waals surface area contributed by atoms with Crippen molar-refractivity contribution in [3.05, 3.63) is 47.0 Å². The number of amides is 1. The molecule has 2 aromatic rings. The summed E-state index contributed by atoms with van der Waals surface area (Å²) < 4.78 is 5.40. The number of carbonyl (C=O) groups is 1. The molecule has 0 radical (unpaired) electrons. The Kier molecular flexibility index (Phi) is 5.01. The van der Waals surface area contributed by atoms with Gasteiger partial charge in [-0.25, -0.2) is 4.98 Å². The molecule has 2 rings (SSSR count). The summed E-state index contributed by atoms with van der Waals surface area (Å²) in [6, 6.07) is 5.30. The Bertz CT molecular complexity index is 570. The Balaban J connectivity index is 1.70. The van der Waals surface area contributed by atoms with Crippen LogP contribution in [0.25, 0.3) is 0 Å². The van der Waals surface area contributed by atoms with Crippen molar-refractivity contribution in [3.8, 4) is 5.75 Å². The Morgan fingerprint density at radius 3 is 3.05 bits per heavy atom. The molecule has 0 saturated carbocycles. The summed E-state index contributed by atoms with van der Waals surface area (Å²) in [6.07, 6.45) is 4.10. The fourth-order valence-electron chi connectivity index (χ4n) is 1.66. The van der Waals surface area contributed by atoms with E-state index in [1.165, 1.54) is 0 Å². The summed E-state index contributed by atoms with van der Waals surface area (Å²) in [5, 5.41) is 3.45. The van der Waals surface area contributed by atoms with Crippen molar-refractivity contribution in [1.29, 1.82) is 0 Å². The third kappa shape index (κ3) is 4.28. The van der Waals surface area contributed by atoms with Crippen molar-refractivity contribution >= 4 is 17.5 Å². The standard InChI is InChI=1S/C14H16ClN3O2/c1-10-8-11(2-3-12(10)15)20-9-14(19)18-5-4-13-16-6-7-17-13/h2-3,6-8H,4-5,9H2,1H3,(H,16,17)(H,18,19). The van der Waals surface area contributed by atoms with Crippen LogP contribution in [0.1, 0.15) is 11.4 Å². The Morgan fingerprint density at radius 1 is 1.50 bits per heavy atom. The first-order chi connectivity index (χ1) is 9.65. The second kappa shape index (κ2) is 6.96. The normalized spacial score (nSPS) is 10.3. The van der Waals surface area contributed by atoms with Gasteiger partial charge >= 0.3 is 0 Å². The van der Waals surface area contributed by atoms with E-state index in [1.54, 1.807) is 30.6 Å². The van der Waals surface area contributed by atoms with E-state index in [-0.39, 0.29) is 12.5 Å². The van der Waals surface area contributed by atoms with Crippen LogP contribution in [0.5, 0.6) is 5.75 Å². The molecular formula is C14H16ClN3O2. The second-order valence-electron chi connectivity index (χ2n) is 4.34. The van der Waals surface area contributed by atoms with Gasteiger partial charge in [0.25, 0.3) is 5.91 Å². The molecule has 0 aliphatic rings. The number of rotatable bonds is 6. The van der Waals surface area contributed by atoms with Gasteiger partial charge in [0.05, 0.1) is 0 Å². The van der Waals surface area contributed by atoms with Crippen molar-refractivity contribution in [3.63, 3.8) is 0 Å². The number of nitrogens with one attached hydrogen (secondary N) is 2. The van der Waals surface area contributed by atoms with Gasteiger partial charge in [-0.1, -0.05) is 11.6 Å². The van der Waals surface area contributed by atoms with Crippen LogP contribution in [-0.2, 0) is 11.2 Å². The zero-order valence-electron chi connectivity index (χ0n) is 11.1. The maximum Gasteiger partial charge on any atom is 0.257 e. The summed E-state index contributed by atoms with van der Waals surface area (Å²) >= 11 is 5.92. The average Bonchev–Trinajstić information content (AvgIpc) is 2.93. The minimum absolute atomic E-state index is 0.0147. The lowest BCUT2D eigenvalue weighted by Gasteiger charge is -2.08. The van der Waals surface area contributed by atoms with Crippen molar-refractivity contribution in [2.45, 2.75) is 13.3 Å². The number of H-pyrrole nitrogens is 1. The van der Waals surface area contributed by atoms with Crippen molar-refractivity contribution < 1.29 is 9.53 Å². The zero-order chi connectivity index (χ0) is 14.4. The minimum atomic E-state index is -0.163. The fourth-order valence-corrected chi connectivity index (χ4v) is 1.78. The smallest absolute Gasteiger partial charge is 0.257 e. The topological polar surface area (TPSA) is 67.0 Å². The van der Waals surface area contributed by atoms with Gasteiger partial charge in [-0.2, -0.15) is 0 Å². The number of aryl methyl sites for hydroxylation is 1. The van der Waals surface area contributed by atoms with Crippen molar-refractivity contribution in [2.24, 2.45) is 0 Å². The van der Waals surface area contributed by atoms with E-state index in [0.29, 0.717) is 23.7 Å². The van der Waals surface area contributed by atoms with E-state index in [4.69, 9.17) is 16.3 Å². The summed E-state index contributed by atoms with van der Waals surface area (Å²) in [6.45, 7) is 2.40. The first-order valence-electron chi connectivity index (χ1n) is 6.29. The number of aromatic amines is 1. The highest BCUT2D eigenvalue weighted by Gasteiger charge is 2.04. The third-order valence-corrected chi connectivity index (χ3v) is 3.16. The van der Waals surface area contributed by atoms with Crippen LogP contribution >= 0.6 is 11.6 Å². The quantitative estimate of drug-likeness (QED) is 0.857. The highest BCUT2D eigenvalue weighted by molar-refractivity contribution is 6.31. The summed E-state index contributed by atoms with van der Waals surface area (Å²) in [4.78, 5) is 18.7. The molecule has 2 N–H and O–H groups in total. The lowest BCUT2D eigenvalue weighted by atomic mass is 10.2. The number of hydrogen-bond acceptors (Lipinski definition) is 3. The van der Waals surface area contributed by atoms with E-state index in [2.05, 4.69) is 15.3 Å². The molecule has 0 saturated heterocycles. The first-order valence-corrected chi connectivity index (χ1v) is 6.67. The number of hydrogen-bond donors (Lipinski definition) is 2. The summed E-state index contributed by atoms with van der Waals surface area (Å²) in [5.41, 5.74) is 0.919. The van der Waals surface area contributed by atoms with Crippen molar-refractivity contribution in [2.75, 3.05) is 13.2 Å². The lowest BCUT2D eigenvalue weighted by Crippen LogP contribution is -2.30. The van der Waals surface area contributed by atoms with Crippen molar-refractivity contribution in [1.82, 2.24) is 15.3 Å². The molecule has 5 nitrogen and oxygen atoms in total. The third-order valence-electron chi connectivity index (χ3n) is 2.74. The van der Waals surface area contributed by atoms with Crippen LogP contribution in [0, 0.1) is 6.92 Å². The zero-order valence-corrected chi connectivity index (χ0v) is 11.9. The summed E-state index contributed by atoms with van der Waals surface area (Å²) in [7, 11) is 0. The van der Waals surface area contributed by atoms with Crippen LogP contribution in [0.2, 0.25) is 5.02 Å². The summed E-state index contributed by atoms with van der Waals surface area (Å²) in [5.74, 6) is 1.32. The lowest BCUT2D eigenvalue weighted by molar-refractivity contribution is -0.123. The number of halogens is 1. The number of nitrogens with zero attached hydrogens (tertiary/aromatic N) is 1. The first kappa shape index (κ1) is 14.4. The molecule has 20 heavy (non-hydrogen) atoms. The Labute approximate surface area is 122 Å². The van der Waals surface area contributed by atoms with E-state index >= 15 is 0 Å². The van der Waals surface area contributed by atoms with Crippen LogP contribution in [-0.4, -0.2) is 29.0 Å². The van der Waals surface area contributed by atoms with Crippen LogP contribution in [0.3, 0.4) is 0 Å². The van der Waals surface area contributed by atoms with E-state index in [0.717, 1.165) is 11.4 Å². The molecule has 6 heteroatoms. The van der Waals surface area contributed by atoms with Gasteiger partial charge in [0.1, 0.15) is 11.6 Å². The van der Waals surface area contributed by atoms with Gasteiger partial charge in [-0.15, -0.1) is 0 Å². The highest BCUT2D eigenvalue weighted by atomic mass is 35.5. The predicted octanol–water partition coefficient (Wildman–Crippen LogP) is 2.11. The number of carbonyl (C=O) groups excluding carboxylic acids is 1. The molecule has 1 aromatic heterocycles. The molecule has 0 unspecified atom stereocenters. The van der Waals surface area contributed by atoms with E-state index < -0.39 is 0 Å². The molecule has 0 bridgehead atoms. The van der Waals surface area contributed by atoms with Gasteiger partial charge in [0.15, 0.2) is 6.61 Å².